The Morgan fingerprint density at radius 3 is 2.12 bits per heavy atom. The molecule has 0 saturated carbocycles. The standard InChI is InChI=1S/C32H31NO/c34-31(27-13-7-9-22-8-1-2-10-24(22)27)23-16-18-33(19-17-23)21-32-20-28(25-11-3-5-14-29(25)32)26-12-4-6-15-30(26)32/h1-15,23,28,31,34H,16-21H2. The van der Waals surface area contributed by atoms with Crippen LogP contribution in [0, 0.1) is 5.92 Å². The molecule has 1 aliphatic heterocycles. The van der Waals surface area contributed by atoms with E-state index in [0.717, 1.165) is 38.0 Å². The highest BCUT2D eigenvalue weighted by Crippen LogP contribution is 2.60. The number of fused-ring (bicyclic) bond motifs is 9. The second-order valence-electron chi connectivity index (χ2n) is 10.6. The van der Waals surface area contributed by atoms with E-state index >= 15 is 0 Å². The lowest BCUT2D eigenvalue weighted by molar-refractivity contribution is 0.0549. The van der Waals surface area contributed by atoms with Gasteiger partial charge in [0.1, 0.15) is 0 Å². The first-order valence-electron chi connectivity index (χ1n) is 12.8. The largest absolute Gasteiger partial charge is 0.388 e. The molecule has 0 aromatic heterocycles. The Bertz CT molecular complexity index is 1310. The van der Waals surface area contributed by atoms with E-state index in [1.54, 1.807) is 22.3 Å². The van der Waals surface area contributed by atoms with Gasteiger partial charge >= 0.3 is 0 Å². The van der Waals surface area contributed by atoms with Crippen LogP contribution < -0.4 is 0 Å². The maximum absolute atomic E-state index is 11.4. The summed E-state index contributed by atoms with van der Waals surface area (Å²) in [4.78, 5) is 2.67. The van der Waals surface area contributed by atoms with Crippen molar-refractivity contribution in [3.05, 3.63) is 119 Å². The molecule has 0 spiro atoms. The summed E-state index contributed by atoms with van der Waals surface area (Å²) >= 11 is 0. The van der Waals surface area contributed by atoms with Gasteiger partial charge in [-0.1, -0.05) is 91.0 Å². The van der Waals surface area contributed by atoms with Gasteiger partial charge in [0, 0.05) is 17.9 Å². The van der Waals surface area contributed by atoms with Gasteiger partial charge in [-0.2, -0.15) is 0 Å². The van der Waals surface area contributed by atoms with Gasteiger partial charge in [0.15, 0.2) is 0 Å². The first-order chi connectivity index (χ1) is 16.7. The van der Waals surface area contributed by atoms with Gasteiger partial charge in [-0.3, -0.25) is 0 Å². The molecule has 2 heteroatoms. The van der Waals surface area contributed by atoms with Crippen LogP contribution in [0.1, 0.15) is 59.1 Å². The maximum Gasteiger partial charge on any atom is 0.0825 e. The number of aliphatic hydroxyl groups excluding tert-OH is 1. The van der Waals surface area contributed by atoms with Gasteiger partial charge in [0.25, 0.3) is 0 Å². The number of piperidine rings is 1. The number of nitrogens with zero attached hydrogens (tertiary/aromatic N) is 1. The zero-order chi connectivity index (χ0) is 22.7. The third-order valence-corrected chi connectivity index (χ3v) is 8.97. The zero-order valence-electron chi connectivity index (χ0n) is 19.5. The highest BCUT2D eigenvalue weighted by molar-refractivity contribution is 5.86. The smallest absolute Gasteiger partial charge is 0.0825 e. The first-order valence-corrected chi connectivity index (χ1v) is 12.8. The second-order valence-corrected chi connectivity index (χ2v) is 10.6. The highest BCUT2D eigenvalue weighted by Gasteiger charge is 2.53. The van der Waals surface area contributed by atoms with E-state index in [-0.39, 0.29) is 5.41 Å². The minimum Gasteiger partial charge on any atom is -0.388 e. The lowest BCUT2D eigenvalue weighted by Gasteiger charge is -2.40. The molecule has 2 nitrogen and oxygen atoms in total. The summed E-state index contributed by atoms with van der Waals surface area (Å²) in [6, 6.07) is 33.1. The average Bonchev–Trinajstić information content (AvgIpc) is 3.41. The molecule has 1 N–H and O–H groups in total. The van der Waals surface area contributed by atoms with E-state index in [4.69, 9.17) is 0 Å². The average molecular weight is 446 g/mol. The lowest BCUT2D eigenvalue weighted by atomic mass is 9.74. The number of benzene rings is 4. The van der Waals surface area contributed by atoms with E-state index in [1.807, 2.05) is 0 Å². The van der Waals surface area contributed by atoms with E-state index in [0.29, 0.717) is 11.8 Å². The van der Waals surface area contributed by atoms with Crippen LogP contribution in [0.15, 0.2) is 91.0 Å². The molecule has 1 saturated heterocycles. The molecule has 0 radical (unpaired) electrons. The third kappa shape index (κ3) is 2.95. The number of hydrogen-bond acceptors (Lipinski definition) is 2. The second kappa shape index (κ2) is 7.80. The van der Waals surface area contributed by atoms with Gasteiger partial charge in [-0.15, -0.1) is 0 Å². The zero-order valence-corrected chi connectivity index (χ0v) is 19.5. The normalized spacial score (nSPS) is 24.8. The van der Waals surface area contributed by atoms with Crippen molar-refractivity contribution in [2.45, 2.75) is 36.7 Å². The number of aliphatic hydroxyl groups is 1. The van der Waals surface area contributed by atoms with E-state index in [2.05, 4.69) is 95.9 Å². The highest BCUT2D eigenvalue weighted by atomic mass is 16.3. The van der Waals surface area contributed by atoms with Crippen LogP contribution in [-0.4, -0.2) is 29.6 Å². The molecule has 1 unspecified atom stereocenters. The molecule has 34 heavy (non-hydrogen) atoms. The SMILES string of the molecule is OC(c1cccc2ccccc12)C1CCN(CC23CC(c4ccccc42)c2ccccc23)CC1. The molecule has 0 amide bonds. The van der Waals surface area contributed by atoms with Crippen molar-refractivity contribution >= 4 is 10.8 Å². The van der Waals surface area contributed by atoms with Crippen LogP contribution >= 0.6 is 0 Å². The summed E-state index contributed by atoms with van der Waals surface area (Å²) in [5.41, 5.74) is 7.41. The fourth-order valence-electron chi connectivity index (χ4n) is 7.38. The Hall–Kier alpha value is -2.94. The number of hydrogen-bond donors (Lipinski definition) is 1. The Balaban J connectivity index is 1.12. The predicted octanol–water partition coefficient (Wildman–Crippen LogP) is 6.42. The van der Waals surface area contributed by atoms with Crippen LogP contribution in [0.2, 0.25) is 0 Å². The summed E-state index contributed by atoms with van der Waals surface area (Å²) in [7, 11) is 0. The molecule has 3 aliphatic rings. The number of likely N-dealkylation sites (tertiary alicyclic amines) is 1. The molecule has 7 rings (SSSR count). The van der Waals surface area contributed by atoms with E-state index < -0.39 is 6.10 Å². The lowest BCUT2D eigenvalue weighted by Crippen LogP contribution is -2.44. The molecule has 1 atom stereocenters. The minimum absolute atomic E-state index is 0.124. The molecule has 1 heterocycles. The molecule has 2 aliphatic carbocycles. The van der Waals surface area contributed by atoms with E-state index in [9.17, 15) is 5.11 Å². The van der Waals surface area contributed by atoms with Crippen LogP contribution in [0.3, 0.4) is 0 Å². The fourth-order valence-corrected chi connectivity index (χ4v) is 7.38. The predicted molar refractivity (Wildman–Crippen MR) is 138 cm³/mol. The molecule has 1 fully saturated rings. The van der Waals surface area contributed by atoms with Crippen molar-refractivity contribution in [1.29, 1.82) is 0 Å². The Morgan fingerprint density at radius 2 is 1.38 bits per heavy atom. The van der Waals surface area contributed by atoms with Gasteiger partial charge < -0.3 is 10.0 Å². The van der Waals surface area contributed by atoms with Crippen LogP contribution in [0.25, 0.3) is 10.8 Å². The Kier molecular flexibility index (Phi) is 4.69. The maximum atomic E-state index is 11.4. The summed E-state index contributed by atoms with van der Waals surface area (Å²) in [5.74, 6) is 0.872. The summed E-state index contributed by atoms with van der Waals surface area (Å²) < 4.78 is 0. The monoisotopic (exact) mass is 445 g/mol. The molecule has 2 bridgehead atoms. The summed E-state index contributed by atoms with van der Waals surface area (Å²) in [5, 5.41) is 13.8. The van der Waals surface area contributed by atoms with Crippen molar-refractivity contribution in [1.82, 2.24) is 4.90 Å². The van der Waals surface area contributed by atoms with Crippen molar-refractivity contribution in [2.75, 3.05) is 19.6 Å². The molecule has 170 valence electrons. The first kappa shape index (κ1) is 20.4. The quantitative estimate of drug-likeness (QED) is 0.392. The molecule has 4 aromatic carbocycles. The van der Waals surface area contributed by atoms with Crippen LogP contribution in [0.4, 0.5) is 0 Å². The minimum atomic E-state index is -0.393. The molecular weight excluding hydrogens is 414 g/mol. The van der Waals surface area contributed by atoms with Crippen molar-refractivity contribution < 1.29 is 5.11 Å². The van der Waals surface area contributed by atoms with Gasteiger partial charge in [-0.05, 0) is 76.9 Å². The fraction of sp³-hybridized carbons (Fsp3) is 0.312. The molecular formula is C32H31NO. The summed E-state index contributed by atoms with van der Waals surface area (Å²) in [6.07, 6.45) is 2.92. The van der Waals surface area contributed by atoms with Crippen molar-refractivity contribution in [3.63, 3.8) is 0 Å². The van der Waals surface area contributed by atoms with Crippen molar-refractivity contribution in [2.24, 2.45) is 5.92 Å². The van der Waals surface area contributed by atoms with Gasteiger partial charge in [0.2, 0.25) is 0 Å². The molecule has 4 aromatic rings. The topological polar surface area (TPSA) is 23.5 Å². The Morgan fingerprint density at radius 1 is 0.765 bits per heavy atom. The van der Waals surface area contributed by atoms with Crippen molar-refractivity contribution in [3.8, 4) is 0 Å². The van der Waals surface area contributed by atoms with Crippen LogP contribution in [0.5, 0.6) is 0 Å². The van der Waals surface area contributed by atoms with Crippen LogP contribution in [-0.2, 0) is 5.41 Å². The Labute approximate surface area is 201 Å². The van der Waals surface area contributed by atoms with Gasteiger partial charge in [0.05, 0.1) is 6.10 Å². The van der Waals surface area contributed by atoms with Gasteiger partial charge in [-0.25, -0.2) is 0 Å². The van der Waals surface area contributed by atoms with E-state index in [1.165, 1.54) is 17.2 Å². The third-order valence-electron chi connectivity index (χ3n) is 8.97. The summed E-state index contributed by atoms with van der Waals surface area (Å²) in [6.45, 7) is 3.21. The number of rotatable bonds is 4.